The lowest BCUT2D eigenvalue weighted by Gasteiger charge is -2.33. The molecule has 2 heterocycles. The molecule has 6 nitrogen and oxygen atoms in total. The lowest BCUT2D eigenvalue weighted by Crippen LogP contribution is -2.34. The summed E-state index contributed by atoms with van der Waals surface area (Å²) in [5.74, 6) is 3.04. The summed E-state index contributed by atoms with van der Waals surface area (Å²) in [6, 6.07) is 3.86. The first-order valence-corrected chi connectivity index (χ1v) is 8.49. The van der Waals surface area contributed by atoms with E-state index >= 15 is 0 Å². The number of rotatable bonds is 6. The number of hydrogen-bond acceptors (Lipinski definition) is 6. The second-order valence-corrected chi connectivity index (χ2v) is 6.22. The highest BCUT2D eigenvalue weighted by Gasteiger charge is 2.22. The molecular formula is C18H25N3O3. The Balaban J connectivity index is 1.85. The monoisotopic (exact) mass is 331 g/mol. The molecule has 0 saturated carbocycles. The van der Waals surface area contributed by atoms with E-state index in [1.54, 1.807) is 20.5 Å². The van der Waals surface area contributed by atoms with Crippen LogP contribution in [0.15, 0.2) is 18.5 Å². The summed E-state index contributed by atoms with van der Waals surface area (Å²) in [5.41, 5.74) is 0.861. The van der Waals surface area contributed by atoms with E-state index < -0.39 is 0 Å². The minimum Gasteiger partial charge on any atom is -0.493 e. The smallest absolute Gasteiger partial charge is 0.162 e. The minimum atomic E-state index is 0.290. The van der Waals surface area contributed by atoms with Crippen LogP contribution in [-0.2, 0) is 0 Å². The first-order valence-electron chi connectivity index (χ1n) is 8.49. The van der Waals surface area contributed by atoms with Crippen LogP contribution in [0.1, 0.15) is 25.7 Å². The van der Waals surface area contributed by atoms with Crippen molar-refractivity contribution in [1.29, 1.82) is 0 Å². The number of benzene rings is 1. The summed E-state index contributed by atoms with van der Waals surface area (Å²) in [6.45, 7) is 2.26. The van der Waals surface area contributed by atoms with Crippen LogP contribution in [0.4, 0.5) is 5.82 Å². The third kappa shape index (κ3) is 3.38. The van der Waals surface area contributed by atoms with E-state index in [1.807, 2.05) is 12.1 Å². The number of aliphatic hydroxyl groups is 1. The van der Waals surface area contributed by atoms with Gasteiger partial charge in [-0.1, -0.05) is 0 Å². The quantitative estimate of drug-likeness (QED) is 0.878. The topological polar surface area (TPSA) is 67.7 Å². The fraction of sp³-hybridized carbons (Fsp3) is 0.556. The molecule has 0 unspecified atom stereocenters. The van der Waals surface area contributed by atoms with E-state index in [-0.39, 0.29) is 0 Å². The molecule has 130 valence electrons. The molecule has 0 bridgehead atoms. The van der Waals surface area contributed by atoms with Crippen molar-refractivity contribution in [2.75, 3.05) is 38.8 Å². The second-order valence-electron chi connectivity index (χ2n) is 6.22. The van der Waals surface area contributed by atoms with Crippen LogP contribution in [0.2, 0.25) is 0 Å². The molecule has 1 saturated heterocycles. The molecule has 0 atom stereocenters. The van der Waals surface area contributed by atoms with Gasteiger partial charge in [0.2, 0.25) is 0 Å². The molecule has 3 rings (SSSR count). The molecule has 1 aromatic carbocycles. The van der Waals surface area contributed by atoms with Gasteiger partial charge < -0.3 is 19.5 Å². The zero-order chi connectivity index (χ0) is 16.9. The molecule has 0 spiro atoms. The van der Waals surface area contributed by atoms with Crippen molar-refractivity contribution in [3.63, 3.8) is 0 Å². The van der Waals surface area contributed by atoms with Gasteiger partial charge in [-0.25, -0.2) is 9.97 Å². The van der Waals surface area contributed by atoms with E-state index in [0.717, 1.165) is 55.5 Å². The third-order valence-electron chi connectivity index (χ3n) is 4.80. The minimum absolute atomic E-state index is 0.290. The fourth-order valence-corrected chi connectivity index (χ4v) is 3.43. The average molecular weight is 331 g/mol. The lowest BCUT2D eigenvalue weighted by molar-refractivity contribution is 0.261. The summed E-state index contributed by atoms with van der Waals surface area (Å²) in [4.78, 5) is 11.2. The molecule has 6 heteroatoms. The Labute approximate surface area is 142 Å². The Bertz CT molecular complexity index is 685. The number of nitrogens with zero attached hydrogens (tertiary/aromatic N) is 3. The molecule has 0 aliphatic carbocycles. The van der Waals surface area contributed by atoms with Crippen LogP contribution < -0.4 is 14.4 Å². The van der Waals surface area contributed by atoms with Crippen molar-refractivity contribution in [1.82, 2.24) is 9.97 Å². The Morgan fingerprint density at radius 2 is 1.83 bits per heavy atom. The maximum Gasteiger partial charge on any atom is 0.162 e. The predicted octanol–water partition coefficient (Wildman–Crippen LogP) is 2.64. The van der Waals surface area contributed by atoms with Gasteiger partial charge in [0.25, 0.3) is 0 Å². The number of ether oxygens (including phenoxy) is 2. The van der Waals surface area contributed by atoms with Crippen molar-refractivity contribution in [3.8, 4) is 11.5 Å². The van der Waals surface area contributed by atoms with Crippen LogP contribution >= 0.6 is 0 Å². The largest absolute Gasteiger partial charge is 0.493 e. The third-order valence-corrected chi connectivity index (χ3v) is 4.80. The van der Waals surface area contributed by atoms with Crippen molar-refractivity contribution < 1.29 is 14.6 Å². The summed E-state index contributed by atoms with van der Waals surface area (Å²) >= 11 is 0. The Morgan fingerprint density at radius 3 is 2.50 bits per heavy atom. The van der Waals surface area contributed by atoms with Crippen LogP contribution in [-0.4, -0.2) is 49.0 Å². The van der Waals surface area contributed by atoms with E-state index in [9.17, 15) is 0 Å². The first kappa shape index (κ1) is 16.8. The van der Waals surface area contributed by atoms with Crippen LogP contribution in [0.3, 0.4) is 0 Å². The fourth-order valence-electron chi connectivity index (χ4n) is 3.43. The Morgan fingerprint density at radius 1 is 1.12 bits per heavy atom. The van der Waals surface area contributed by atoms with E-state index in [0.29, 0.717) is 24.0 Å². The second kappa shape index (κ2) is 7.66. The summed E-state index contributed by atoms with van der Waals surface area (Å²) in [6.07, 6.45) is 5.90. The number of aliphatic hydroxyl groups excluding tert-OH is 1. The van der Waals surface area contributed by atoms with Crippen LogP contribution in [0.5, 0.6) is 11.5 Å². The number of aromatic nitrogens is 2. The van der Waals surface area contributed by atoms with Crippen molar-refractivity contribution >= 4 is 16.7 Å². The zero-order valence-corrected chi connectivity index (χ0v) is 14.4. The highest BCUT2D eigenvalue weighted by Crippen LogP contribution is 2.36. The molecule has 24 heavy (non-hydrogen) atoms. The Kier molecular flexibility index (Phi) is 5.35. The van der Waals surface area contributed by atoms with Gasteiger partial charge in [0.05, 0.1) is 19.7 Å². The van der Waals surface area contributed by atoms with E-state index in [2.05, 4.69) is 14.9 Å². The SMILES string of the molecule is COc1cc2ncnc(N3CCC(CCCO)CC3)c2cc1OC. The number of piperidine rings is 1. The molecule has 2 aromatic rings. The summed E-state index contributed by atoms with van der Waals surface area (Å²) < 4.78 is 10.8. The molecule has 1 aromatic heterocycles. The molecule has 0 amide bonds. The van der Waals surface area contributed by atoms with E-state index in [1.165, 1.54) is 0 Å². The van der Waals surface area contributed by atoms with Crippen LogP contribution in [0.25, 0.3) is 10.9 Å². The number of hydrogen-bond donors (Lipinski definition) is 1. The van der Waals surface area contributed by atoms with E-state index in [4.69, 9.17) is 14.6 Å². The standard InChI is InChI=1S/C18H25N3O3/c1-23-16-10-14-15(11-17(16)24-2)19-12-20-18(14)21-7-5-13(6-8-21)4-3-9-22/h10-13,22H,3-9H2,1-2H3. The summed E-state index contributed by atoms with van der Waals surface area (Å²) in [5, 5.41) is 9.98. The normalized spacial score (nSPS) is 15.7. The lowest BCUT2D eigenvalue weighted by atomic mass is 9.92. The van der Waals surface area contributed by atoms with Gasteiger partial charge in [0, 0.05) is 31.1 Å². The highest BCUT2D eigenvalue weighted by molar-refractivity contribution is 5.92. The summed E-state index contributed by atoms with van der Waals surface area (Å²) in [7, 11) is 3.27. The molecular weight excluding hydrogens is 306 g/mol. The van der Waals surface area contributed by atoms with Gasteiger partial charge in [-0.15, -0.1) is 0 Å². The van der Waals surface area contributed by atoms with Crippen LogP contribution in [0, 0.1) is 5.92 Å². The maximum atomic E-state index is 8.99. The number of methoxy groups -OCH3 is 2. The average Bonchev–Trinajstić information content (AvgIpc) is 2.65. The van der Waals surface area contributed by atoms with Gasteiger partial charge in [0.15, 0.2) is 11.5 Å². The van der Waals surface area contributed by atoms with Crippen molar-refractivity contribution in [3.05, 3.63) is 18.5 Å². The highest BCUT2D eigenvalue weighted by atomic mass is 16.5. The molecule has 1 aliphatic heterocycles. The zero-order valence-electron chi connectivity index (χ0n) is 14.4. The molecule has 1 fully saturated rings. The first-order chi connectivity index (χ1) is 11.8. The van der Waals surface area contributed by atoms with Gasteiger partial charge in [0.1, 0.15) is 12.1 Å². The van der Waals surface area contributed by atoms with Gasteiger partial charge in [-0.05, 0) is 37.7 Å². The van der Waals surface area contributed by atoms with Gasteiger partial charge in [-0.2, -0.15) is 0 Å². The number of anilines is 1. The molecule has 1 N–H and O–H groups in total. The number of fused-ring (bicyclic) bond motifs is 1. The van der Waals surface area contributed by atoms with Gasteiger partial charge >= 0.3 is 0 Å². The maximum absolute atomic E-state index is 8.99. The molecule has 1 aliphatic rings. The Hall–Kier alpha value is -2.08. The van der Waals surface area contributed by atoms with Gasteiger partial charge in [-0.3, -0.25) is 0 Å². The van der Waals surface area contributed by atoms with Crippen molar-refractivity contribution in [2.24, 2.45) is 5.92 Å². The predicted molar refractivity (Wildman–Crippen MR) is 93.9 cm³/mol. The molecule has 0 radical (unpaired) electrons. The van der Waals surface area contributed by atoms with Crippen molar-refractivity contribution in [2.45, 2.75) is 25.7 Å².